The predicted molar refractivity (Wildman–Crippen MR) is 146 cm³/mol. The Morgan fingerprint density at radius 1 is 1.16 bits per heavy atom. The molecule has 208 valence electrons. The fourth-order valence-electron chi connectivity index (χ4n) is 4.51. The van der Waals surface area contributed by atoms with Crippen molar-refractivity contribution in [3.05, 3.63) is 63.4 Å². The molecule has 1 fully saturated rings. The molecule has 0 saturated heterocycles. The molecular weight excluding hydrogens is 497 g/mol. The van der Waals surface area contributed by atoms with Gasteiger partial charge in [0.1, 0.15) is 0 Å². The molecule has 1 heterocycles. The number of hydrogen-bond donors (Lipinski definition) is 3. The highest BCUT2D eigenvalue weighted by molar-refractivity contribution is 5.94. The van der Waals surface area contributed by atoms with Crippen molar-refractivity contribution in [1.29, 1.82) is 0 Å². The molecule has 1 aromatic heterocycles. The first kappa shape index (κ1) is 30.7. The van der Waals surface area contributed by atoms with Crippen LogP contribution in [0.4, 0.5) is 24.8 Å². The molecule has 1 aliphatic rings. The number of aromatic nitrogens is 2. The van der Waals surface area contributed by atoms with Gasteiger partial charge in [-0.1, -0.05) is 45.4 Å². The van der Waals surface area contributed by atoms with Gasteiger partial charge in [-0.25, -0.2) is 9.78 Å². The lowest BCUT2D eigenvalue weighted by molar-refractivity contribution is 0.00817. The van der Waals surface area contributed by atoms with E-state index >= 15 is 0 Å². The summed E-state index contributed by atoms with van der Waals surface area (Å²) in [5.41, 5.74) is 3.40. The van der Waals surface area contributed by atoms with E-state index < -0.39 is 12.6 Å². The van der Waals surface area contributed by atoms with Crippen LogP contribution in [0, 0.1) is 12.3 Å². The number of rotatable bonds is 8. The summed E-state index contributed by atoms with van der Waals surface area (Å²) in [5.74, 6) is -0.417. The monoisotopic (exact) mass is 534 g/mol. The van der Waals surface area contributed by atoms with Crippen molar-refractivity contribution in [1.82, 2.24) is 9.55 Å². The quantitative estimate of drug-likeness (QED) is 0.296. The van der Waals surface area contributed by atoms with Gasteiger partial charge in [0.15, 0.2) is 0 Å². The smallest absolute Gasteiger partial charge is 0.379 e. The molecule has 1 aliphatic carbocycles. The largest absolute Gasteiger partial charge is 0.478 e. The summed E-state index contributed by atoms with van der Waals surface area (Å²) >= 11 is 0. The number of halogens is 3. The lowest BCUT2D eigenvalue weighted by atomic mass is 9.67. The highest BCUT2D eigenvalue weighted by atomic mass is 19.4. The molecule has 0 atom stereocenters. The van der Waals surface area contributed by atoms with Gasteiger partial charge in [-0.05, 0) is 60.9 Å². The molecule has 4 rings (SSSR count). The maximum absolute atomic E-state index is 13.1. The van der Waals surface area contributed by atoms with Crippen LogP contribution in [0.25, 0.3) is 10.9 Å². The van der Waals surface area contributed by atoms with Crippen molar-refractivity contribution in [3.8, 4) is 0 Å². The van der Waals surface area contributed by atoms with E-state index in [0.717, 1.165) is 24.1 Å². The number of aromatic carboxylic acids is 1. The van der Waals surface area contributed by atoms with Crippen molar-refractivity contribution in [3.63, 3.8) is 0 Å². The van der Waals surface area contributed by atoms with Crippen LogP contribution in [0.15, 0.2) is 41.2 Å². The zero-order chi connectivity index (χ0) is 28.5. The van der Waals surface area contributed by atoms with Crippen molar-refractivity contribution in [2.75, 3.05) is 17.2 Å². The molecule has 0 spiro atoms. The SMILES string of the molecule is CC.CCC1(CNc2nc3c(CNc4ccccc4C(=O)O)cc(C)cc3c(=O)n2C)CCC1.FC(F)F. The number of nitrogens with one attached hydrogen (secondary N) is 2. The fourth-order valence-corrected chi connectivity index (χ4v) is 4.51. The number of carboxylic acid groups (broad SMARTS) is 1. The number of carboxylic acids is 1. The average molecular weight is 535 g/mol. The second kappa shape index (κ2) is 13.8. The van der Waals surface area contributed by atoms with E-state index in [2.05, 4.69) is 17.6 Å². The normalized spacial score (nSPS) is 13.5. The number of fused-ring (bicyclic) bond motifs is 1. The van der Waals surface area contributed by atoms with E-state index in [1.54, 1.807) is 35.9 Å². The van der Waals surface area contributed by atoms with E-state index in [4.69, 9.17) is 4.98 Å². The first-order chi connectivity index (χ1) is 18.1. The summed E-state index contributed by atoms with van der Waals surface area (Å²) in [6, 6.07) is 10.7. The number of benzene rings is 2. The van der Waals surface area contributed by atoms with Crippen LogP contribution in [0.2, 0.25) is 0 Å². The number of aryl methyl sites for hydroxylation is 1. The Morgan fingerprint density at radius 3 is 2.34 bits per heavy atom. The van der Waals surface area contributed by atoms with Gasteiger partial charge >= 0.3 is 12.6 Å². The minimum atomic E-state index is -3.67. The Kier molecular flexibility index (Phi) is 11.2. The van der Waals surface area contributed by atoms with Gasteiger partial charge in [-0.15, -0.1) is 0 Å². The topological polar surface area (TPSA) is 96.2 Å². The van der Waals surface area contributed by atoms with Crippen LogP contribution in [0.3, 0.4) is 0 Å². The molecule has 0 radical (unpaired) electrons. The number of hydrogen-bond acceptors (Lipinski definition) is 5. The molecule has 0 amide bonds. The molecule has 3 aromatic rings. The van der Waals surface area contributed by atoms with Crippen LogP contribution < -0.4 is 16.2 Å². The number of alkyl halides is 3. The lowest BCUT2D eigenvalue weighted by Crippen LogP contribution is -2.37. The standard InChI is InChI=1S/C25H30N4O3.C2H6.CHF3/c1-4-25(10-7-11-25)15-27-24-28-21-17(12-16(2)13-19(21)22(30)29(24)3)14-26-20-9-6-5-8-18(20)23(31)32;1-2;2-1(3)4/h5-6,8-9,12-13,26H,4,7,10-11,14-15H2,1-3H3,(H,27,28)(H,31,32);1-2H3;1H. The first-order valence-electron chi connectivity index (χ1n) is 12.8. The molecule has 10 heteroatoms. The molecule has 3 N–H and O–H groups in total. The third-order valence-corrected chi connectivity index (χ3v) is 6.82. The fraction of sp³-hybridized carbons (Fsp3) is 0.464. The Balaban J connectivity index is 0.000000773. The van der Waals surface area contributed by atoms with Gasteiger partial charge in [0.05, 0.1) is 16.5 Å². The number of anilines is 2. The van der Waals surface area contributed by atoms with Gasteiger partial charge in [0, 0.05) is 25.8 Å². The van der Waals surface area contributed by atoms with E-state index in [9.17, 15) is 27.9 Å². The summed E-state index contributed by atoms with van der Waals surface area (Å²) in [5, 5.41) is 16.7. The van der Waals surface area contributed by atoms with Gasteiger partial charge in [0.25, 0.3) is 5.56 Å². The highest BCUT2D eigenvalue weighted by Gasteiger charge is 2.35. The van der Waals surface area contributed by atoms with Crippen molar-refractivity contribution < 1.29 is 23.1 Å². The summed E-state index contributed by atoms with van der Waals surface area (Å²) in [6.07, 6.45) is 4.77. The molecule has 1 saturated carbocycles. The number of para-hydroxylation sites is 1. The minimum absolute atomic E-state index is 0.0902. The molecule has 7 nitrogen and oxygen atoms in total. The summed E-state index contributed by atoms with van der Waals surface area (Å²) < 4.78 is 30.6. The molecule has 0 unspecified atom stereocenters. The molecule has 2 aromatic carbocycles. The van der Waals surface area contributed by atoms with Crippen LogP contribution in [-0.4, -0.2) is 33.9 Å². The van der Waals surface area contributed by atoms with Crippen LogP contribution in [0.5, 0.6) is 0 Å². The van der Waals surface area contributed by atoms with E-state index in [1.165, 1.54) is 19.3 Å². The molecule has 0 aliphatic heterocycles. The Labute approximate surface area is 221 Å². The number of carbonyl (C=O) groups is 1. The summed E-state index contributed by atoms with van der Waals surface area (Å²) in [4.78, 5) is 29.5. The van der Waals surface area contributed by atoms with Crippen molar-refractivity contribution in [2.24, 2.45) is 12.5 Å². The second-order valence-corrected chi connectivity index (χ2v) is 9.13. The van der Waals surface area contributed by atoms with Crippen LogP contribution in [-0.2, 0) is 13.6 Å². The highest BCUT2D eigenvalue weighted by Crippen LogP contribution is 2.43. The summed E-state index contributed by atoms with van der Waals surface area (Å²) in [6.45, 7) is 5.66. The van der Waals surface area contributed by atoms with Gasteiger partial charge < -0.3 is 15.7 Å². The first-order valence-corrected chi connectivity index (χ1v) is 12.8. The molecule has 0 bridgehead atoms. The minimum Gasteiger partial charge on any atom is -0.478 e. The molecule has 38 heavy (non-hydrogen) atoms. The van der Waals surface area contributed by atoms with E-state index in [0.29, 0.717) is 34.5 Å². The van der Waals surface area contributed by atoms with Crippen LogP contribution >= 0.6 is 0 Å². The zero-order valence-electron chi connectivity index (χ0n) is 22.6. The Bertz CT molecular complexity index is 1280. The van der Waals surface area contributed by atoms with Gasteiger partial charge in [0.2, 0.25) is 5.95 Å². The predicted octanol–water partition coefficient (Wildman–Crippen LogP) is 6.75. The third-order valence-electron chi connectivity index (χ3n) is 6.82. The number of nitrogens with zero attached hydrogens (tertiary/aromatic N) is 2. The van der Waals surface area contributed by atoms with E-state index in [1.807, 2.05) is 32.9 Å². The van der Waals surface area contributed by atoms with Gasteiger partial charge in [-0.3, -0.25) is 9.36 Å². The molecular formula is C28H37F3N4O3. The third kappa shape index (κ3) is 7.49. The van der Waals surface area contributed by atoms with Crippen LogP contribution in [0.1, 0.15) is 67.9 Å². The van der Waals surface area contributed by atoms with Crippen molar-refractivity contribution >= 4 is 28.5 Å². The Hall–Kier alpha value is -3.56. The second-order valence-electron chi connectivity index (χ2n) is 9.13. The Morgan fingerprint density at radius 2 is 1.79 bits per heavy atom. The van der Waals surface area contributed by atoms with E-state index in [-0.39, 0.29) is 11.1 Å². The van der Waals surface area contributed by atoms with Gasteiger partial charge in [-0.2, -0.15) is 13.2 Å². The average Bonchev–Trinajstić information content (AvgIpc) is 2.86. The maximum Gasteiger partial charge on any atom is 0.379 e. The lowest BCUT2D eigenvalue weighted by Gasteiger charge is -2.41. The zero-order valence-corrected chi connectivity index (χ0v) is 22.6. The summed E-state index contributed by atoms with van der Waals surface area (Å²) in [7, 11) is 1.75. The van der Waals surface area contributed by atoms with Crippen molar-refractivity contribution in [2.45, 2.75) is 66.6 Å². The maximum atomic E-state index is 13.1.